The Labute approximate surface area is 108 Å². The summed E-state index contributed by atoms with van der Waals surface area (Å²) in [6.07, 6.45) is 0. The molecule has 1 fully saturated rings. The number of halogens is 1. The minimum Gasteiger partial charge on any atom is -0.354 e. The lowest BCUT2D eigenvalue weighted by atomic mass is 10.1. The number of aromatic amines is 1. The number of aromatic nitrogens is 1. The third kappa shape index (κ3) is 2.82. The van der Waals surface area contributed by atoms with E-state index in [1.807, 2.05) is 24.8 Å². The van der Waals surface area contributed by atoms with Gasteiger partial charge in [0.25, 0.3) is 5.91 Å². The number of nitrogens with zero attached hydrogens (tertiary/aromatic N) is 1. The summed E-state index contributed by atoms with van der Waals surface area (Å²) >= 11 is 0. The summed E-state index contributed by atoms with van der Waals surface area (Å²) in [4.78, 5) is 17.4. The fraction of sp³-hybridized carbons (Fsp3) is 0.583. The summed E-state index contributed by atoms with van der Waals surface area (Å²) in [6, 6.07) is 2.28. The van der Waals surface area contributed by atoms with Crippen LogP contribution >= 0.6 is 12.4 Å². The van der Waals surface area contributed by atoms with Crippen molar-refractivity contribution in [3.8, 4) is 0 Å². The summed E-state index contributed by atoms with van der Waals surface area (Å²) < 4.78 is 0. The number of piperazine rings is 1. The SMILES string of the molecule is Cc1cc(C)c(C(=O)N2CCNC[C@@H]2C)[nH]1.Cl. The number of carbonyl (C=O) groups excluding carboxylic acids is 1. The molecule has 0 aromatic carbocycles. The minimum absolute atomic E-state index is 0. The van der Waals surface area contributed by atoms with E-state index in [2.05, 4.69) is 17.2 Å². The lowest BCUT2D eigenvalue weighted by molar-refractivity contribution is 0.0649. The number of hydrogen-bond acceptors (Lipinski definition) is 2. The Hall–Kier alpha value is -1.00. The molecule has 17 heavy (non-hydrogen) atoms. The third-order valence-electron chi connectivity index (χ3n) is 3.13. The first-order valence-electron chi connectivity index (χ1n) is 5.77. The zero-order valence-electron chi connectivity index (χ0n) is 10.5. The highest BCUT2D eigenvalue weighted by molar-refractivity contribution is 5.94. The molecule has 0 spiro atoms. The molecule has 0 saturated carbocycles. The Bertz CT molecular complexity index is 402. The molecule has 1 atom stereocenters. The molecule has 96 valence electrons. The molecule has 1 aromatic rings. The van der Waals surface area contributed by atoms with E-state index in [4.69, 9.17) is 0 Å². The molecule has 2 N–H and O–H groups in total. The number of hydrogen-bond donors (Lipinski definition) is 2. The molecule has 4 nitrogen and oxygen atoms in total. The highest BCUT2D eigenvalue weighted by atomic mass is 35.5. The van der Waals surface area contributed by atoms with Gasteiger partial charge >= 0.3 is 0 Å². The predicted molar refractivity (Wildman–Crippen MR) is 70.9 cm³/mol. The Morgan fingerprint density at radius 1 is 1.47 bits per heavy atom. The zero-order chi connectivity index (χ0) is 11.7. The first kappa shape index (κ1) is 14.1. The smallest absolute Gasteiger partial charge is 0.270 e. The molecular formula is C12H20ClN3O. The van der Waals surface area contributed by atoms with Crippen LogP contribution in [0.4, 0.5) is 0 Å². The first-order valence-corrected chi connectivity index (χ1v) is 5.77. The van der Waals surface area contributed by atoms with E-state index in [1.165, 1.54) is 0 Å². The topological polar surface area (TPSA) is 48.1 Å². The lowest BCUT2D eigenvalue weighted by Crippen LogP contribution is -2.52. The predicted octanol–water partition coefficient (Wildman–Crippen LogP) is 1.49. The van der Waals surface area contributed by atoms with Crippen LogP contribution in [0.2, 0.25) is 0 Å². The Balaban J connectivity index is 0.00000144. The number of amides is 1. The average molecular weight is 258 g/mol. The summed E-state index contributed by atoms with van der Waals surface area (Å²) in [5.74, 6) is 0.125. The van der Waals surface area contributed by atoms with E-state index in [9.17, 15) is 4.79 Å². The van der Waals surface area contributed by atoms with Crippen molar-refractivity contribution in [2.75, 3.05) is 19.6 Å². The van der Waals surface area contributed by atoms with Gasteiger partial charge < -0.3 is 15.2 Å². The largest absolute Gasteiger partial charge is 0.354 e. The fourth-order valence-electron chi connectivity index (χ4n) is 2.24. The second-order valence-corrected chi connectivity index (χ2v) is 4.56. The van der Waals surface area contributed by atoms with E-state index in [1.54, 1.807) is 0 Å². The van der Waals surface area contributed by atoms with Gasteiger partial charge in [-0.05, 0) is 32.4 Å². The number of rotatable bonds is 1. The van der Waals surface area contributed by atoms with Crippen molar-refractivity contribution in [3.63, 3.8) is 0 Å². The van der Waals surface area contributed by atoms with Crippen LogP contribution in [0.1, 0.15) is 28.7 Å². The van der Waals surface area contributed by atoms with Gasteiger partial charge in [-0.3, -0.25) is 4.79 Å². The van der Waals surface area contributed by atoms with E-state index in [0.29, 0.717) is 0 Å². The maximum Gasteiger partial charge on any atom is 0.270 e. The van der Waals surface area contributed by atoms with Gasteiger partial charge in [-0.1, -0.05) is 0 Å². The van der Waals surface area contributed by atoms with Crippen LogP contribution in [-0.2, 0) is 0 Å². The van der Waals surface area contributed by atoms with Gasteiger partial charge in [-0.25, -0.2) is 0 Å². The normalized spacial score (nSPS) is 19.9. The number of aryl methyl sites for hydroxylation is 2. The van der Waals surface area contributed by atoms with Crippen LogP contribution in [0.15, 0.2) is 6.07 Å². The van der Waals surface area contributed by atoms with Gasteiger partial charge in [0.2, 0.25) is 0 Å². The molecule has 1 saturated heterocycles. The number of nitrogens with one attached hydrogen (secondary N) is 2. The van der Waals surface area contributed by atoms with Gasteiger partial charge in [-0.15, -0.1) is 12.4 Å². The van der Waals surface area contributed by atoms with Crippen molar-refractivity contribution in [1.29, 1.82) is 0 Å². The van der Waals surface area contributed by atoms with Crippen LogP contribution < -0.4 is 5.32 Å². The van der Waals surface area contributed by atoms with E-state index in [0.717, 1.165) is 36.6 Å². The second kappa shape index (κ2) is 5.56. The van der Waals surface area contributed by atoms with Crippen molar-refractivity contribution in [3.05, 3.63) is 23.0 Å². The molecular weight excluding hydrogens is 238 g/mol. The Morgan fingerprint density at radius 2 is 2.18 bits per heavy atom. The first-order chi connectivity index (χ1) is 7.59. The molecule has 0 bridgehead atoms. The number of H-pyrrole nitrogens is 1. The standard InChI is InChI=1S/C12H19N3O.ClH/c1-8-6-9(2)14-11(8)12(16)15-5-4-13-7-10(15)3;/h6,10,13-14H,4-5,7H2,1-3H3;1H/t10-;/m0./s1. The van der Waals surface area contributed by atoms with Gasteiger partial charge in [0.15, 0.2) is 0 Å². The average Bonchev–Trinajstić information content (AvgIpc) is 2.58. The molecule has 0 radical (unpaired) electrons. The van der Waals surface area contributed by atoms with Gasteiger partial charge in [0.1, 0.15) is 5.69 Å². The van der Waals surface area contributed by atoms with Crippen molar-refractivity contribution in [2.45, 2.75) is 26.8 Å². The van der Waals surface area contributed by atoms with Crippen LogP contribution in [-0.4, -0.2) is 41.5 Å². The molecule has 5 heteroatoms. The maximum atomic E-state index is 12.3. The van der Waals surface area contributed by atoms with Crippen LogP contribution in [0.3, 0.4) is 0 Å². The quantitative estimate of drug-likeness (QED) is 0.801. The van der Waals surface area contributed by atoms with Crippen molar-refractivity contribution in [1.82, 2.24) is 15.2 Å². The highest BCUT2D eigenvalue weighted by Gasteiger charge is 2.25. The van der Waals surface area contributed by atoms with E-state index < -0.39 is 0 Å². The number of carbonyl (C=O) groups is 1. The fourth-order valence-corrected chi connectivity index (χ4v) is 2.24. The molecule has 0 aliphatic carbocycles. The van der Waals surface area contributed by atoms with Crippen molar-refractivity contribution >= 4 is 18.3 Å². The maximum absolute atomic E-state index is 12.3. The van der Waals surface area contributed by atoms with Gasteiger partial charge in [-0.2, -0.15) is 0 Å². The van der Waals surface area contributed by atoms with Crippen molar-refractivity contribution < 1.29 is 4.79 Å². The van der Waals surface area contributed by atoms with Gasteiger partial charge in [0.05, 0.1) is 0 Å². The highest BCUT2D eigenvalue weighted by Crippen LogP contribution is 2.14. The molecule has 1 aliphatic rings. The molecule has 2 rings (SSSR count). The summed E-state index contributed by atoms with van der Waals surface area (Å²) in [6.45, 7) is 8.58. The lowest BCUT2D eigenvalue weighted by Gasteiger charge is -2.33. The van der Waals surface area contributed by atoms with Gasteiger partial charge in [0, 0.05) is 31.4 Å². The zero-order valence-corrected chi connectivity index (χ0v) is 11.4. The molecule has 1 amide bonds. The summed E-state index contributed by atoms with van der Waals surface area (Å²) in [5, 5.41) is 3.29. The molecule has 0 unspecified atom stereocenters. The van der Waals surface area contributed by atoms with Crippen LogP contribution in [0, 0.1) is 13.8 Å². The summed E-state index contributed by atoms with van der Waals surface area (Å²) in [5.41, 5.74) is 2.82. The van der Waals surface area contributed by atoms with Crippen LogP contribution in [0.25, 0.3) is 0 Å². The molecule has 2 heterocycles. The summed E-state index contributed by atoms with van der Waals surface area (Å²) in [7, 11) is 0. The van der Waals surface area contributed by atoms with E-state index >= 15 is 0 Å². The minimum atomic E-state index is 0. The van der Waals surface area contributed by atoms with E-state index in [-0.39, 0.29) is 24.4 Å². The second-order valence-electron chi connectivity index (χ2n) is 4.56. The Morgan fingerprint density at radius 3 is 2.71 bits per heavy atom. The molecule has 1 aromatic heterocycles. The monoisotopic (exact) mass is 257 g/mol. The van der Waals surface area contributed by atoms with Crippen molar-refractivity contribution in [2.24, 2.45) is 0 Å². The molecule has 1 aliphatic heterocycles. The Kier molecular flexibility index (Phi) is 4.60. The van der Waals surface area contributed by atoms with Crippen LogP contribution in [0.5, 0.6) is 0 Å². The third-order valence-corrected chi connectivity index (χ3v) is 3.13.